The summed E-state index contributed by atoms with van der Waals surface area (Å²) in [6, 6.07) is 7.14. The predicted octanol–water partition coefficient (Wildman–Crippen LogP) is -0.149. The summed E-state index contributed by atoms with van der Waals surface area (Å²) in [6.45, 7) is 0.0685. The number of aliphatic hydroxyl groups is 2. The van der Waals surface area contributed by atoms with E-state index in [0.29, 0.717) is 6.42 Å². The number of amides is 1. The highest BCUT2D eigenvalue weighted by Gasteiger charge is 2.21. The summed E-state index contributed by atoms with van der Waals surface area (Å²) in [4.78, 5) is 16.8. The molecule has 0 saturated carbocycles. The topological polar surface area (TPSA) is 103 Å². The summed E-state index contributed by atoms with van der Waals surface area (Å²) in [7, 11) is 0. The van der Waals surface area contributed by atoms with Crippen molar-refractivity contribution in [1.82, 2.24) is 9.88 Å². The zero-order chi connectivity index (χ0) is 15.2. The number of benzene rings is 1. The number of nitrogens with two attached hydrogens (primary N) is 1. The fourth-order valence-corrected chi connectivity index (χ4v) is 2.43. The predicted molar refractivity (Wildman–Crippen MR) is 80.7 cm³/mol. The number of carbonyl (C=O) groups excluding carboxylic acids is 1. The van der Waals surface area contributed by atoms with Crippen LogP contribution in [0.3, 0.4) is 0 Å². The highest BCUT2D eigenvalue weighted by Crippen LogP contribution is 2.19. The lowest BCUT2D eigenvalue weighted by atomic mass is 10.0. The third kappa shape index (κ3) is 3.60. The average Bonchev–Trinajstić information content (AvgIpc) is 2.89. The van der Waals surface area contributed by atoms with Crippen LogP contribution >= 0.6 is 0 Å². The third-order valence-corrected chi connectivity index (χ3v) is 3.48. The molecule has 1 amide bonds. The van der Waals surface area contributed by atoms with Crippen molar-refractivity contribution in [2.75, 3.05) is 26.3 Å². The van der Waals surface area contributed by atoms with Crippen LogP contribution in [0.1, 0.15) is 5.56 Å². The number of aliphatic hydroxyl groups excluding tert-OH is 2. The number of para-hydroxylation sites is 1. The Hall–Kier alpha value is -1.89. The molecule has 0 aliphatic carbocycles. The number of aromatic nitrogens is 1. The van der Waals surface area contributed by atoms with Gasteiger partial charge in [0, 0.05) is 30.2 Å². The number of hydrogen-bond acceptors (Lipinski definition) is 4. The van der Waals surface area contributed by atoms with Crippen LogP contribution < -0.4 is 5.73 Å². The molecule has 1 unspecified atom stereocenters. The Morgan fingerprint density at radius 3 is 2.57 bits per heavy atom. The van der Waals surface area contributed by atoms with Crippen molar-refractivity contribution in [3.63, 3.8) is 0 Å². The Labute approximate surface area is 123 Å². The molecule has 0 saturated heterocycles. The van der Waals surface area contributed by atoms with Gasteiger partial charge in [-0.05, 0) is 18.1 Å². The first-order chi connectivity index (χ1) is 10.2. The molecule has 1 aromatic carbocycles. The number of nitrogens with zero attached hydrogens (tertiary/aromatic N) is 1. The second kappa shape index (κ2) is 7.21. The van der Waals surface area contributed by atoms with Crippen molar-refractivity contribution in [3.8, 4) is 0 Å². The molecule has 0 spiro atoms. The van der Waals surface area contributed by atoms with Gasteiger partial charge in [0.2, 0.25) is 5.91 Å². The molecule has 0 radical (unpaired) electrons. The maximum absolute atomic E-state index is 12.3. The van der Waals surface area contributed by atoms with Crippen LogP contribution in [0.5, 0.6) is 0 Å². The molecule has 21 heavy (non-hydrogen) atoms. The summed E-state index contributed by atoms with van der Waals surface area (Å²) < 4.78 is 0. The van der Waals surface area contributed by atoms with Crippen LogP contribution in [0.4, 0.5) is 0 Å². The lowest BCUT2D eigenvalue weighted by Crippen LogP contribution is -2.47. The first-order valence-corrected chi connectivity index (χ1v) is 6.98. The average molecular weight is 291 g/mol. The summed E-state index contributed by atoms with van der Waals surface area (Å²) in [5.41, 5.74) is 7.99. The molecule has 1 aromatic heterocycles. The maximum atomic E-state index is 12.3. The highest BCUT2D eigenvalue weighted by atomic mass is 16.3. The molecule has 1 heterocycles. The van der Waals surface area contributed by atoms with Crippen molar-refractivity contribution in [1.29, 1.82) is 0 Å². The molecule has 0 aliphatic heterocycles. The quantitative estimate of drug-likeness (QED) is 0.569. The van der Waals surface area contributed by atoms with Gasteiger partial charge in [-0.2, -0.15) is 0 Å². The molecular weight excluding hydrogens is 270 g/mol. The molecule has 6 nitrogen and oxygen atoms in total. The number of hydrogen-bond donors (Lipinski definition) is 4. The van der Waals surface area contributed by atoms with Crippen molar-refractivity contribution in [2.45, 2.75) is 12.5 Å². The molecule has 114 valence electrons. The highest BCUT2D eigenvalue weighted by molar-refractivity contribution is 5.86. The zero-order valence-electron chi connectivity index (χ0n) is 11.8. The van der Waals surface area contributed by atoms with Crippen LogP contribution in [0.15, 0.2) is 30.5 Å². The number of carbonyl (C=O) groups is 1. The Kier molecular flexibility index (Phi) is 5.32. The normalized spacial score (nSPS) is 12.5. The molecule has 0 fully saturated rings. The van der Waals surface area contributed by atoms with Gasteiger partial charge in [0.15, 0.2) is 0 Å². The Morgan fingerprint density at radius 1 is 1.24 bits per heavy atom. The molecule has 0 aliphatic rings. The largest absolute Gasteiger partial charge is 0.395 e. The lowest BCUT2D eigenvalue weighted by Gasteiger charge is -2.24. The SMILES string of the molecule is NC(Cc1c[nH]c2ccccc12)C(=O)N(CCO)CCO. The summed E-state index contributed by atoms with van der Waals surface area (Å²) in [6.07, 6.45) is 2.27. The van der Waals surface area contributed by atoms with E-state index in [2.05, 4.69) is 4.98 Å². The smallest absolute Gasteiger partial charge is 0.239 e. The van der Waals surface area contributed by atoms with E-state index in [1.54, 1.807) is 0 Å². The van der Waals surface area contributed by atoms with Crippen molar-refractivity contribution in [2.24, 2.45) is 5.73 Å². The van der Waals surface area contributed by atoms with Crippen LogP contribution in [0.25, 0.3) is 10.9 Å². The molecule has 1 atom stereocenters. The number of rotatable bonds is 7. The second-order valence-electron chi connectivity index (χ2n) is 4.94. The summed E-state index contributed by atoms with van der Waals surface area (Å²) in [5, 5.41) is 19.0. The van der Waals surface area contributed by atoms with E-state index in [1.807, 2.05) is 30.5 Å². The van der Waals surface area contributed by atoms with Crippen molar-refractivity contribution >= 4 is 16.8 Å². The standard InChI is InChI=1S/C15H21N3O3/c16-13(15(21)18(5-7-19)6-8-20)9-11-10-17-14-4-2-1-3-12(11)14/h1-4,10,13,17,19-20H,5-9,16H2. The number of fused-ring (bicyclic) bond motifs is 1. The maximum Gasteiger partial charge on any atom is 0.239 e. The van der Waals surface area contributed by atoms with E-state index < -0.39 is 6.04 Å². The molecule has 5 N–H and O–H groups in total. The Balaban J connectivity index is 2.09. The van der Waals surface area contributed by atoms with E-state index in [0.717, 1.165) is 16.5 Å². The number of nitrogens with one attached hydrogen (secondary N) is 1. The minimum Gasteiger partial charge on any atom is -0.395 e. The second-order valence-corrected chi connectivity index (χ2v) is 4.94. The van der Waals surface area contributed by atoms with Gasteiger partial charge in [0.1, 0.15) is 0 Å². The van der Waals surface area contributed by atoms with Crippen molar-refractivity contribution < 1.29 is 15.0 Å². The third-order valence-electron chi connectivity index (χ3n) is 3.48. The molecule has 0 bridgehead atoms. The van der Waals surface area contributed by atoms with Gasteiger partial charge in [0.25, 0.3) is 0 Å². The van der Waals surface area contributed by atoms with Gasteiger partial charge in [-0.25, -0.2) is 0 Å². The van der Waals surface area contributed by atoms with Crippen LogP contribution in [-0.2, 0) is 11.2 Å². The Bertz CT molecular complexity index is 591. The first-order valence-electron chi connectivity index (χ1n) is 6.98. The van der Waals surface area contributed by atoms with E-state index in [9.17, 15) is 4.79 Å². The molecule has 2 rings (SSSR count). The van der Waals surface area contributed by atoms with Gasteiger partial charge < -0.3 is 25.8 Å². The minimum atomic E-state index is -0.692. The molecule has 2 aromatic rings. The first kappa shape index (κ1) is 15.5. The minimum absolute atomic E-state index is 0.147. The summed E-state index contributed by atoms with van der Waals surface area (Å²) >= 11 is 0. The van der Waals surface area contributed by atoms with Gasteiger partial charge in [-0.3, -0.25) is 4.79 Å². The number of aromatic amines is 1. The fourth-order valence-electron chi connectivity index (χ4n) is 2.43. The van der Waals surface area contributed by atoms with Crippen LogP contribution in [0, 0.1) is 0 Å². The van der Waals surface area contributed by atoms with Gasteiger partial charge >= 0.3 is 0 Å². The Morgan fingerprint density at radius 2 is 1.90 bits per heavy atom. The molecular formula is C15H21N3O3. The van der Waals surface area contributed by atoms with Gasteiger partial charge in [-0.15, -0.1) is 0 Å². The molecule has 6 heteroatoms. The van der Waals surface area contributed by atoms with Crippen molar-refractivity contribution in [3.05, 3.63) is 36.0 Å². The monoisotopic (exact) mass is 291 g/mol. The lowest BCUT2D eigenvalue weighted by molar-refractivity contribution is -0.133. The number of H-pyrrole nitrogens is 1. The van der Waals surface area contributed by atoms with E-state index in [-0.39, 0.29) is 32.2 Å². The van der Waals surface area contributed by atoms with Crippen LogP contribution in [0.2, 0.25) is 0 Å². The van der Waals surface area contributed by atoms with E-state index >= 15 is 0 Å². The van der Waals surface area contributed by atoms with E-state index in [4.69, 9.17) is 15.9 Å². The van der Waals surface area contributed by atoms with Gasteiger partial charge in [0.05, 0.1) is 19.3 Å². The van der Waals surface area contributed by atoms with Gasteiger partial charge in [-0.1, -0.05) is 18.2 Å². The van der Waals surface area contributed by atoms with Crippen LogP contribution in [-0.4, -0.2) is 58.3 Å². The van der Waals surface area contributed by atoms with E-state index in [1.165, 1.54) is 4.90 Å². The fraction of sp³-hybridized carbons (Fsp3) is 0.400. The summed E-state index contributed by atoms with van der Waals surface area (Å²) in [5.74, 6) is -0.261. The zero-order valence-corrected chi connectivity index (χ0v) is 11.8.